The van der Waals surface area contributed by atoms with Crippen molar-refractivity contribution in [2.24, 2.45) is 5.41 Å². The average Bonchev–Trinajstić information content (AvgIpc) is 2.26. The molecule has 0 saturated heterocycles. The largest absolute Gasteiger partial charge is 0.493 e. The predicted molar refractivity (Wildman–Crippen MR) is 76.9 cm³/mol. The van der Waals surface area contributed by atoms with Crippen LogP contribution < -0.4 is 9.47 Å². The Labute approximate surface area is 115 Å². The predicted octanol–water partition coefficient (Wildman–Crippen LogP) is 4.73. The van der Waals surface area contributed by atoms with E-state index in [1.807, 2.05) is 12.1 Å². The van der Waals surface area contributed by atoms with Gasteiger partial charge in [0.05, 0.1) is 19.6 Å². The van der Waals surface area contributed by atoms with E-state index < -0.39 is 0 Å². The molecule has 0 aliphatic heterocycles. The standard InChI is InChI=1S/C15H23ClO2/c1-10-7-13(17-5)14(18-6)8-11(10)12(16)9-15(2,3)4/h7-8,12H,9H2,1-6H3. The van der Waals surface area contributed by atoms with Crippen LogP contribution in [0.1, 0.15) is 43.7 Å². The average molecular weight is 271 g/mol. The molecule has 0 bridgehead atoms. The van der Waals surface area contributed by atoms with Gasteiger partial charge in [0.2, 0.25) is 0 Å². The molecule has 1 atom stereocenters. The van der Waals surface area contributed by atoms with E-state index >= 15 is 0 Å². The van der Waals surface area contributed by atoms with Gasteiger partial charge in [0.25, 0.3) is 0 Å². The molecule has 2 nitrogen and oxygen atoms in total. The maximum absolute atomic E-state index is 6.52. The molecule has 0 heterocycles. The highest BCUT2D eigenvalue weighted by Crippen LogP contribution is 2.39. The zero-order valence-corrected chi connectivity index (χ0v) is 12.9. The number of rotatable bonds is 4. The summed E-state index contributed by atoms with van der Waals surface area (Å²) in [5.74, 6) is 1.48. The quantitative estimate of drug-likeness (QED) is 0.737. The number of aryl methyl sites for hydroxylation is 1. The second-order valence-electron chi connectivity index (χ2n) is 5.80. The van der Waals surface area contributed by atoms with Gasteiger partial charge in [0.15, 0.2) is 11.5 Å². The normalized spacial score (nSPS) is 13.3. The van der Waals surface area contributed by atoms with Crippen molar-refractivity contribution in [3.05, 3.63) is 23.3 Å². The molecule has 3 heteroatoms. The van der Waals surface area contributed by atoms with Crippen molar-refractivity contribution >= 4 is 11.6 Å². The molecule has 1 aromatic carbocycles. The monoisotopic (exact) mass is 270 g/mol. The highest BCUT2D eigenvalue weighted by Gasteiger charge is 2.21. The topological polar surface area (TPSA) is 18.5 Å². The molecule has 0 fully saturated rings. The highest BCUT2D eigenvalue weighted by molar-refractivity contribution is 6.21. The minimum atomic E-state index is -0.00944. The summed E-state index contributed by atoms with van der Waals surface area (Å²) in [4.78, 5) is 0. The van der Waals surface area contributed by atoms with Crippen LogP contribution in [0.15, 0.2) is 12.1 Å². The van der Waals surface area contributed by atoms with Gasteiger partial charge in [-0.05, 0) is 42.0 Å². The summed E-state index contributed by atoms with van der Waals surface area (Å²) in [5.41, 5.74) is 2.45. The second kappa shape index (κ2) is 5.83. The third kappa shape index (κ3) is 3.81. The molecular formula is C15H23ClO2. The molecule has 0 aliphatic rings. The van der Waals surface area contributed by atoms with Crippen LogP contribution in [-0.2, 0) is 0 Å². The lowest BCUT2D eigenvalue weighted by Gasteiger charge is -2.24. The number of methoxy groups -OCH3 is 2. The van der Waals surface area contributed by atoms with Gasteiger partial charge in [-0.2, -0.15) is 0 Å². The van der Waals surface area contributed by atoms with Gasteiger partial charge >= 0.3 is 0 Å². The Morgan fingerprint density at radius 3 is 2.06 bits per heavy atom. The van der Waals surface area contributed by atoms with Crippen LogP contribution in [-0.4, -0.2) is 14.2 Å². The van der Waals surface area contributed by atoms with Crippen LogP contribution >= 0.6 is 11.6 Å². The summed E-state index contributed by atoms with van der Waals surface area (Å²) >= 11 is 6.52. The minimum absolute atomic E-state index is 0.00944. The lowest BCUT2D eigenvalue weighted by atomic mass is 9.87. The fourth-order valence-electron chi connectivity index (χ4n) is 1.98. The second-order valence-corrected chi connectivity index (χ2v) is 6.32. The van der Waals surface area contributed by atoms with E-state index in [1.165, 1.54) is 0 Å². The summed E-state index contributed by atoms with van der Waals surface area (Å²) in [6.45, 7) is 8.63. The van der Waals surface area contributed by atoms with Gasteiger partial charge in [0, 0.05) is 0 Å². The Hall–Kier alpha value is -0.890. The number of hydrogen-bond acceptors (Lipinski definition) is 2. The van der Waals surface area contributed by atoms with Gasteiger partial charge in [0.1, 0.15) is 0 Å². The third-order valence-electron chi connectivity index (χ3n) is 2.90. The number of benzene rings is 1. The number of hydrogen-bond donors (Lipinski definition) is 0. The van der Waals surface area contributed by atoms with Gasteiger partial charge in [-0.1, -0.05) is 20.8 Å². The third-order valence-corrected chi connectivity index (χ3v) is 3.29. The number of halogens is 1. The molecule has 1 aromatic rings. The fraction of sp³-hybridized carbons (Fsp3) is 0.600. The van der Waals surface area contributed by atoms with Crippen molar-refractivity contribution in [2.45, 2.75) is 39.5 Å². The zero-order chi connectivity index (χ0) is 13.9. The van der Waals surface area contributed by atoms with Crippen LogP contribution in [0.2, 0.25) is 0 Å². The maximum Gasteiger partial charge on any atom is 0.161 e. The first-order valence-corrected chi connectivity index (χ1v) is 6.58. The molecule has 0 saturated carbocycles. The summed E-state index contributed by atoms with van der Waals surface area (Å²) in [7, 11) is 3.29. The van der Waals surface area contributed by atoms with Gasteiger partial charge in [-0.3, -0.25) is 0 Å². The van der Waals surface area contributed by atoms with Gasteiger partial charge < -0.3 is 9.47 Å². The zero-order valence-electron chi connectivity index (χ0n) is 12.1. The minimum Gasteiger partial charge on any atom is -0.493 e. The molecule has 0 aliphatic carbocycles. The first-order chi connectivity index (χ1) is 8.28. The van der Waals surface area contributed by atoms with E-state index in [4.69, 9.17) is 21.1 Å². The lowest BCUT2D eigenvalue weighted by Crippen LogP contribution is -2.09. The SMILES string of the molecule is COc1cc(C)c(C(Cl)CC(C)(C)C)cc1OC. The van der Waals surface area contributed by atoms with Crippen LogP contribution in [0.4, 0.5) is 0 Å². The molecule has 0 aromatic heterocycles. The molecule has 102 valence electrons. The summed E-state index contributed by atoms with van der Waals surface area (Å²) < 4.78 is 10.6. The summed E-state index contributed by atoms with van der Waals surface area (Å²) in [6, 6.07) is 3.96. The molecule has 1 rings (SSSR count). The van der Waals surface area contributed by atoms with E-state index in [1.54, 1.807) is 14.2 Å². The van der Waals surface area contributed by atoms with Crippen LogP contribution in [0.3, 0.4) is 0 Å². The van der Waals surface area contributed by atoms with Crippen LogP contribution in [0.5, 0.6) is 11.5 Å². The first kappa shape index (κ1) is 15.2. The van der Waals surface area contributed by atoms with Crippen molar-refractivity contribution in [3.63, 3.8) is 0 Å². The lowest BCUT2D eigenvalue weighted by molar-refractivity contribution is 0.352. The molecule has 0 amide bonds. The van der Waals surface area contributed by atoms with Gasteiger partial charge in [-0.25, -0.2) is 0 Å². The number of ether oxygens (including phenoxy) is 2. The molecule has 1 unspecified atom stereocenters. The van der Waals surface area contributed by atoms with E-state index in [0.29, 0.717) is 0 Å². The Morgan fingerprint density at radius 2 is 1.61 bits per heavy atom. The Balaban J connectivity index is 3.09. The maximum atomic E-state index is 6.52. The highest BCUT2D eigenvalue weighted by atomic mass is 35.5. The van der Waals surface area contributed by atoms with E-state index in [-0.39, 0.29) is 10.8 Å². The number of alkyl halides is 1. The smallest absolute Gasteiger partial charge is 0.161 e. The molecule has 0 radical (unpaired) electrons. The Kier molecular flexibility index (Phi) is 4.92. The Bertz CT molecular complexity index is 408. The summed E-state index contributed by atoms with van der Waals surface area (Å²) in [5, 5.41) is -0.00944. The van der Waals surface area contributed by atoms with E-state index in [0.717, 1.165) is 29.0 Å². The van der Waals surface area contributed by atoms with Crippen molar-refractivity contribution in [1.82, 2.24) is 0 Å². The van der Waals surface area contributed by atoms with E-state index in [9.17, 15) is 0 Å². The summed E-state index contributed by atoms with van der Waals surface area (Å²) in [6.07, 6.45) is 0.922. The van der Waals surface area contributed by atoms with Crippen molar-refractivity contribution in [1.29, 1.82) is 0 Å². The molecule has 0 spiro atoms. The molecule has 18 heavy (non-hydrogen) atoms. The van der Waals surface area contributed by atoms with Crippen molar-refractivity contribution in [2.75, 3.05) is 14.2 Å². The Morgan fingerprint density at radius 1 is 1.11 bits per heavy atom. The van der Waals surface area contributed by atoms with Crippen LogP contribution in [0, 0.1) is 12.3 Å². The van der Waals surface area contributed by atoms with Crippen molar-refractivity contribution in [3.8, 4) is 11.5 Å². The fourth-order valence-corrected chi connectivity index (χ4v) is 2.68. The van der Waals surface area contributed by atoms with Gasteiger partial charge in [-0.15, -0.1) is 11.6 Å². The van der Waals surface area contributed by atoms with Crippen LogP contribution in [0.25, 0.3) is 0 Å². The molecular weight excluding hydrogens is 248 g/mol. The first-order valence-electron chi connectivity index (χ1n) is 6.15. The van der Waals surface area contributed by atoms with Crippen molar-refractivity contribution < 1.29 is 9.47 Å². The van der Waals surface area contributed by atoms with E-state index in [2.05, 4.69) is 27.7 Å². The molecule has 0 N–H and O–H groups in total.